The molecule has 1 aliphatic heterocycles. The first-order valence-electron chi connectivity index (χ1n) is 8.18. The maximum absolute atomic E-state index is 13.1. The third-order valence-electron chi connectivity index (χ3n) is 4.38. The van der Waals surface area contributed by atoms with Crippen LogP contribution in [0.25, 0.3) is 10.9 Å². The molecule has 1 fully saturated rings. The summed E-state index contributed by atoms with van der Waals surface area (Å²) >= 11 is 1.63. The van der Waals surface area contributed by atoms with Crippen molar-refractivity contribution in [3.63, 3.8) is 0 Å². The fraction of sp³-hybridized carbons (Fsp3) is 0.389. The average molecular weight is 343 g/mol. The Labute approximate surface area is 146 Å². The van der Waals surface area contributed by atoms with Gasteiger partial charge >= 0.3 is 0 Å². The normalized spacial score (nSPS) is 17.2. The zero-order valence-electron chi connectivity index (χ0n) is 13.9. The summed E-state index contributed by atoms with van der Waals surface area (Å²) in [6.45, 7) is 5.26. The molecule has 0 saturated carbocycles. The zero-order chi connectivity index (χ0) is 17.1. The highest BCUT2D eigenvalue weighted by molar-refractivity contribution is 7.99. The summed E-state index contributed by atoms with van der Waals surface area (Å²) in [5.41, 5.74) is 1.40. The summed E-state index contributed by atoms with van der Waals surface area (Å²) in [6.07, 6.45) is 1.65. The third-order valence-corrected chi connectivity index (χ3v) is 5.39. The van der Waals surface area contributed by atoms with Crippen LogP contribution in [-0.4, -0.2) is 57.4 Å². The summed E-state index contributed by atoms with van der Waals surface area (Å²) in [5.74, 6) is 1.15. The van der Waals surface area contributed by atoms with E-state index in [-0.39, 0.29) is 17.9 Å². The molecular weight excluding hydrogens is 322 g/mol. The summed E-state index contributed by atoms with van der Waals surface area (Å²) < 4.78 is 0. The van der Waals surface area contributed by atoms with Crippen molar-refractivity contribution in [2.75, 3.05) is 24.7 Å². The quantitative estimate of drug-likeness (QED) is 0.856. The van der Waals surface area contributed by atoms with Crippen LogP contribution >= 0.6 is 11.8 Å². The molecule has 2 heterocycles. The summed E-state index contributed by atoms with van der Waals surface area (Å²) in [4.78, 5) is 33.6. The van der Waals surface area contributed by atoms with Gasteiger partial charge in [0.25, 0.3) is 5.91 Å². The van der Waals surface area contributed by atoms with Gasteiger partial charge in [0.1, 0.15) is 6.04 Å². The topological polar surface area (TPSA) is 53.5 Å². The molecule has 1 saturated heterocycles. The van der Waals surface area contributed by atoms with Crippen LogP contribution in [0.5, 0.6) is 0 Å². The fourth-order valence-corrected chi connectivity index (χ4v) is 4.18. The Morgan fingerprint density at radius 2 is 2.00 bits per heavy atom. The summed E-state index contributed by atoms with van der Waals surface area (Å²) in [7, 11) is 0. The van der Waals surface area contributed by atoms with Crippen molar-refractivity contribution in [2.45, 2.75) is 19.9 Å². The minimum Gasteiger partial charge on any atom is -0.341 e. The number of hydrogen-bond acceptors (Lipinski definition) is 4. The number of thioether (sulfide) groups is 1. The van der Waals surface area contributed by atoms with Gasteiger partial charge in [-0.15, -0.1) is 11.8 Å². The van der Waals surface area contributed by atoms with Gasteiger partial charge in [-0.05, 0) is 26.0 Å². The number of benzene rings is 1. The van der Waals surface area contributed by atoms with Crippen molar-refractivity contribution in [1.82, 2.24) is 14.8 Å². The van der Waals surface area contributed by atoms with E-state index in [1.807, 2.05) is 38.1 Å². The van der Waals surface area contributed by atoms with Crippen molar-refractivity contribution in [3.05, 3.63) is 42.1 Å². The Kier molecular flexibility index (Phi) is 5.04. The predicted molar refractivity (Wildman–Crippen MR) is 97.0 cm³/mol. The van der Waals surface area contributed by atoms with Gasteiger partial charge in [-0.3, -0.25) is 14.6 Å². The van der Waals surface area contributed by atoms with Crippen LogP contribution in [0.2, 0.25) is 0 Å². The molecule has 1 aromatic heterocycles. The summed E-state index contributed by atoms with van der Waals surface area (Å²) in [5, 5.41) is 0.830. The number of carbonyl (C=O) groups is 2. The van der Waals surface area contributed by atoms with E-state index in [1.54, 1.807) is 33.8 Å². The largest absolute Gasteiger partial charge is 0.341 e. The van der Waals surface area contributed by atoms with E-state index in [4.69, 9.17) is 0 Å². The van der Waals surface area contributed by atoms with E-state index >= 15 is 0 Å². The predicted octanol–water partition coefficient (Wildman–Crippen LogP) is 2.62. The van der Waals surface area contributed by atoms with E-state index in [1.165, 1.54) is 0 Å². The highest BCUT2D eigenvalue weighted by Crippen LogP contribution is 2.27. The number of para-hydroxylation sites is 1. The molecule has 6 heteroatoms. The number of hydrogen-bond donors (Lipinski definition) is 0. The minimum atomic E-state index is -0.380. The monoisotopic (exact) mass is 343 g/mol. The molecule has 0 aliphatic carbocycles. The average Bonchev–Trinajstić information content (AvgIpc) is 3.11. The number of carbonyl (C=O) groups excluding carboxylic acids is 2. The molecule has 3 rings (SSSR count). The molecule has 0 radical (unpaired) electrons. The highest BCUT2D eigenvalue weighted by atomic mass is 32.2. The molecule has 2 amide bonds. The second kappa shape index (κ2) is 7.21. The van der Waals surface area contributed by atoms with E-state index < -0.39 is 0 Å². The fourth-order valence-electron chi connectivity index (χ4n) is 3.03. The van der Waals surface area contributed by atoms with Gasteiger partial charge in [-0.2, -0.15) is 0 Å². The standard InChI is InChI=1S/C18H21N3O2S/c1-3-20(4-2)18(23)16-11-24-12-21(16)17(22)14-9-10-19-15-8-6-5-7-13(14)15/h5-10,16H,3-4,11-12H2,1-2H3. The first-order chi connectivity index (χ1) is 11.7. The molecule has 24 heavy (non-hydrogen) atoms. The Hall–Kier alpha value is -2.08. The zero-order valence-corrected chi connectivity index (χ0v) is 14.8. The molecule has 126 valence electrons. The van der Waals surface area contributed by atoms with Crippen LogP contribution in [0.15, 0.2) is 36.5 Å². The van der Waals surface area contributed by atoms with E-state index in [2.05, 4.69) is 4.98 Å². The van der Waals surface area contributed by atoms with Gasteiger partial charge < -0.3 is 9.80 Å². The summed E-state index contributed by atoms with van der Waals surface area (Å²) in [6, 6.07) is 8.96. The first kappa shape index (κ1) is 16.8. The first-order valence-corrected chi connectivity index (χ1v) is 9.34. The van der Waals surface area contributed by atoms with Gasteiger partial charge in [0.05, 0.1) is 17.0 Å². The lowest BCUT2D eigenvalue weighted by Gasteiger charge is -2.28. The van der Waals surface area contributed by atoms with Crippen molar-refractivity contribution in [3.8, 4) is 0 Å². The number of likely N-dealkylation sites (N-methyl/N-ethyl adjacent to an activating group) is 1. The van der Waals surface area contributed by atoms with Gasteiger partial charge in [0.15, 0.2) is 0 Å². The molecule has 1 unspecified atom stereocenters. The Morgan fingerprint density at radius 3 is 2.75 bits per heavy atom. The van der Waals surface area contributed by atoms with Crippen LogP contribution in [-0.2, 0) is 4.79 Å². The lowest BCUT2D eigenvalue weighted by atomic mass is 10.1. The smallest absolute Gasteiger partial charge is 0.255 e. The second-order valence-electron chi connectivity index (χ2n) is 5.68. The van der Waals surface area contributed by atoms with E-state index in [9.17, 15) is 9.59 Å². The third kappa shape index (κ3) is 2.98. The lowest BCUT2D eigenvalue weighted by molar-refractivity contribution is -0.134. The van der Waals surface area contributed by atoms with E-state index in [0.29, 0.717) is 30.3 Å². The van der Waals surface area contributed by atoms with Crippen LogP contribution in [0, 0.1) is 0 Å². The highest BCUT2D eigenvalue weighted by Gasteiger charge is 2.37. The Balaban J connectivity index is 1.92. The molecule has 1 aromatic carbocycles. The molecule has 1 aliphatic rings. The SMILES string of the molecule is CCN(CC)C(=O)C1CSCN1C(=O)c1ccnc2ccccc12. The second-order valence-corrected chi connectivity index (χ2v) is 6.68. The van der Waals surface area contributed by atoms with Crippen molar-refractivity contribution in [2.24, 2.45) is 0 Å². The number of aromatic nitrogens is 1. The number of fused-ring (bicyclic) bond motifs is 1. The molecule has 0 N–H and O–H groups in total. The molecule has 1 atom stereocenters. The van der Waals surface area contributed by atoms with Gasteiger partial charge in [0, 0.05) is 30.4 Å². The molecule has 0 spiro atoms. The maximum atomic E-state index is 13.1. The number of rotatable bonds is 4. The Bertz CT molecular complexity index is 756. The molecular formula is C18H21N3O2S. The van der Waals surface area contributed by atoms with Gasteiger partial charge in [0.2, 0.25) is 5.91 Å². The van der Waals surface area contributed by atoms with Crippen molar-refractivity contribution < 1.29 is 9.59 Å². The lowest BCUT2D eigenvalue weighted by Crippen LogP contribution is -2.49. The van der Waals surface area contributed by atoms with Crippen molar-refractivity contribution >= 4 is 34.5 Å². The number of pyridine rings is 1. The van der Waals surface area contributed by atoms with Gasteiger partial charge in [-0.25, -0.2) is 0 Å². The van der Waals surface area contributed by atoms with Crippen LogP contribution in [0.3, 0.4) is 0 Å². The van der Waals surface area contributed by atoms with Crippen LogP contribution < -0.4 is 0 Å². The maximum Gasteiger partial charge on any atom is 0.255 e. The van der Waals surface area contributed by atoms with E-state index in [0.717, 1.165) is 10.9 Å². The molecule has 2 aromatic rings. The number of nitrogens with zero attached hydrogens (tertiary/aromatic N) is 3. The number of amides is 2. The van der Waals surface area contributed by atoms with Crippen molar-refractivity contribution in [1.29, 1.82) is 0 Å². The molecule has 5 nitrogen and oxygen atoms in total. The van der Waals surface area contributed by atoms with Crippen LogP contribution in [0.4, 0.5) is 0 Å². The minimum absolute atomic E-state index is 0.0386. The Morgan fingerprint density at radius 1 is 1.25 bits per heavy atom. The molecule has 0 bridgehead atoms. The van der Waals surface area contributed by atoms with Gasteiger partial charge in [-0.1, -0.05) is 18.2 Å². The van der Waals surface area contributed by atoms with Crippen LogP contribution in [0.1, 0.15) is 24.2 Å².